The van der Waals surface area contributed by atoms with E-state index < -0.39 is 5.97 Å². The molecule has 3 heteroatoms. The smallest absolute Gasteiger partial charge is 0.333 e. The number of rotatable bonds is 5. The van der Waals surface area contributed by atoms with E-state index >= 15 is 0 Å². The summed E-state index contributed by atoms with van der Waals surface area (Å²) in [7, 11) is 0. The Labute approximate surface area is 108 Å². The van der Waals surface area contributed by atoms with Gasteiger partial charge in [0.2, 0.25) is 0 Å². The minimum atomic E-state index is -0.455. The Hall–Kier alpha value is -1.87. The van der Waals surface area contributed by atoms with Crippen molar-refractivity contribution in [2.24, 2.45) is 0 Å². The lowest BCUT2D eigenvalue weighted by atomic mass is 10.2. The standard InChI is InChI=1S/C9H10.C6H10O3/c1-2-6-9-7-4-3-5-8-9;1-5(2)6(8)9-4-3-7/h2-5,7-8H,1,6H2;7H,1,3-4H2,2H3. The zero-order valence-electron chi connectivity index (χ0n) is 10.8. The van der Waals surface area contributed by atoms with E-state index in [9.17, 15) is 4.79 Å². The molecular formula is C15H20O3. The van der Waals surface area contributed by atoms with E-state index in [0.717, 1.165) is 6.42 Å². The summed E-state index contributed by atoms with van der Waals surface area (Å²) in [5, 5.41) is 8.19. The summed E-state index contributed by atoms with van der Waals surface area (Å²) in [5.74, 6) is -0.455. The normalized spacial score (nSPS) is 8.78. The summed E-state index contributed by atoms with van der Waals surface area (Å²) >= 11 is 0. The van der Waals surface area contributed by atoms with Crippen molar-refractivity contribution in [3.05, 3.63) is 60.7 Å². The highest BCUT2D eigenvalue weighted by molar-refractivity contribution is 5.86. The second-order valence-corrected chi connectivity index (χ2v) is 3.62. The van der Waals surface area contributed by atoms with Gasteiger partial charge in [-0.15, -0.1) is 6.58 Å². The van der Waals surface area contributed by atoms with Gasteiger partial charge in [-0.1, -0.05) is 43.0 Å². The van der Waals surface area contributed by atoms with Crippen molar-refractivity contribution in [2.75, 3.05) is 13.2 Å². The van der Waals surface area contributed by atoms with Gasteiger partial charge in [-0.3, -0.25) is 0 Å². The largest absolute Gasteiger partial charge is 0.460 e. The highest BCUT2D eigenvalue weighted by Gasteiger charge is 1.99. The Morgan fingerprint density at radius 2 is 2.00 bits per heavy atom. The minimum absolute atomic E-state index is 0.0473. The number of allylic oxidation sites excluding steroid dienone is 1. The van der Waals surface area contributed by atoms with Crippen LogP contribution in [0.4, 0.5) is 0 Å². The fourth-order valence-electron chi connectivity index (χ4n) is 1.04. The first-order valence-corrected chi connectivity index (χ1v) is 5.70. The predicted molar refractivity (Wildman–Crippen MR) is 73.2 cm³/mol. The Kier molecular flexibility index (Phi) is 9.23. The molecule has 0 fully saturated rings. The molecule has 0 aliphatic rings. The molecule has 1 aromatic carbocycles. The summed E-state index contributed by atoms with van der Waals surface area (Å²) < 4.78 is 4.46. The van der Waals surface area contributed by atoms with Gasteiger partial charge in [-0.2, -0.15) is 0 Å². The third kappa shape index (κ3) is 8.30. The van der Waals surface area contributed by atoms with Crippen LogP contribution in [0.2, 0.25) is 0 Å². The number of hydrogen-bond donors (Lipinski definition) is 1. The SMILES string of the molecule is C=C(C)C(=O)OCCO.C=CCc1ccccc1. The van der Waals surface area contributed by atoms with Crippen molar-refractivity contribution < 1.29 is 14.6 Å². The van der Waals surface area contributed by atoms with Gasteiger partial charge in [0.05, 0.1) is 6.61 Å². The number of hydrogen-bond acceptors (Lipinski definition) is 3. The van der Waals surface area contributed by atoms with E-state index in [0.29, 0.717) is 5.57 Å². The molecular weight excluding hydrogens is 228 g/mol. The zero-order chi connectivity index (χ0) is 13.8. The van der Waals surface area contributed by atoms with Crippen LogP contribution in [0.5, 0.6) is 0 Å². The van der Waals surface area contributed by atoms with Crippen molar-refractivity contribution in [3.63, 3.8) is 0 Å². The first kappa shape index (κ1) is 16.1. The number of ether oxygens (including phenoxy) is 1. The monoisotopic (exact) mass is 248 g/mol. The van der Waals surface area contributed by atoms with E-state index in [-0.39, 0.29) is 13.2 Å². The number of aliphatic hydroxyl groups is 1. The maximum absolute atomic E-state index is 10.5. The lowest BCUT2D eigenvalue weighted by molar-refractivity contribution is -0.139. The molecule has 3 nitrogen and oxygen atoms in total. The fourth-order valence-corrected chi connectivity index (χ4v) is 1.04. The fraction of sp³-hybridized carbons (Fsp3) is 0.267. The molecule has 0 aromatic heterocycles. The molecule has 1 rings (SSSR count). The number of esters is 1. The van der Waals surface area contributed by atoms with Gasteiger partial charge in [0.25, 0.3) is 0 Å². The predicted octanol–water partition coefficient (Wildman–Crippen LogP) is 2.51. The third-order valence-electron chi connectivity index (χ3n) is 1.90. The summed E-state index contributed by atoms with van der Waals surface area (Å²) in [4.78, 5) is 10.5. The molecule has 98 valence electrons. The number of benzene rings is 1. The van der Waals surface area contributed by atoms with Gasteiger partial charge in [-0.25, -0.2) is 4.79 Å². The second kappa shape index (κ2) is 10.3. The van der Waals surface area contributed by atoms with Crippen molar-refractivity contribution in [1.82, 2.24) is 0 Å². The van der Waals surface area contributed by atoms with Crippen LogP contribution in [-0.4, -0.2) is 24.3 Å². The number of carbonyl (C=O) groups excluding carboxylic acids is 1. The van der Waals surface area contributed by atoms with Gasteiger partial charge in [0, 0.05) is 5.57 Å². The topological polar surface area (TPSA) is 46.5 Å². The molecule has 0 aliphatic carbocycles. The molecule has 0 heterocycles. The van der Waals surface area contributed by atoms with Crippen molar-refractivity contribution in [1.29, 1.82) is 0 Å². The quantitative estimate of drug-likeness (QED) is 0.495. The van der Waals surface area contributed by atoms with Crippen LogP contribution in [0, 0.1) is 0 Å². The van der Waals surface area contributed by atoms with Crippen LogP contribution in [0.3, 0.4) is 0 Å². The van der Waals surface area contributed by atoms with Crippen LogP contribution in [0.1, 0.15) is 12.5 Å². The number of carbonyl (C=O) groups is 1. The molecule has 0 bridgehead atoms. The van der Waals surface area contributed by atoms with Crippen LogP contribution in [0.25, 0.3) is 0 Å². The van der Waals surface area contributed by atoms with Crippen LogP contribution >= 0.6 is 0 Å². The third-order valence-corrected chi connectivity index (χ3v) is 1.90. The summed E-state index contributed by atoms with van der Waals surface area (Å²) in [5.41, 5.74) is 1.68. The first-order valence-electron chi connectivity index (χ1n) is 5.70. The molecule has 1 N–H and O–H groups in total. The lowest BCUT2D eigenvalue weighted by Crippen LogP contribution is -2.08. The molecule has 0 spiro atoms. The highest BCUT2D eigenvalue weighted by atomic mass is 16.5. The van der Waals surface area contributed by atoms with Crippen LogP contribution < -0.4 is 0 Å². The first-order chi connectivity index (χ1) is 8.61. The molecule has 0 aliphatic heterocycles. The average Bonchev–Trinajstić information content (AvgIpc) is 2.38. The Bertz CT molecular complexity index is 369. The molecule has 1 aromatic rings. The van der Waals surface area contributed by atoms with Gasteiger partial charge >= 0.3 is 5.97 Å². The summed E-state index contributed by atoms with van der Waals surface area (Å²) in [6, 6.07) is 10.3. The van der Waals surface area contributed by atoms with E-state index in [1.165, 1.54) is 5.56 Å². The Balaban J connectivity index is 0.000000321. The van der Waals surface area contributed by atoms with Gasteiger partial charge in [-0.05, 0) is 18.9 Å². The zero-order valence-corrected chi connectivity index (χ0v) is 10.8. The lowest BCUT2D eigenvalue weighted by Gasteiger charge is -1.99. The van der Waals surface area contributed by atoms with Crippen molar-refractivity contribution >= 4 is 5.97 Å². The van der Waals surface area contributed by atoms with Crippen LogP contribution in [-0.2, 0) is 16.0 Å². The van der Waals surface area contributed by atoms with E-state index in [2.05, 4.69) is 30.0 Å². The van der Waals surface area contributed by atoms with E-state index in [1.54, 1.807) is 6.92 Å². The molecule has 0 unspecified atom stereocenters. The highest BCUT2D eigenvalue weighted by Crippen LogP contribution is 1.98. The molecule has 0 saturated carbocycles. The summed E-state index contributed by atoms with van der Waals surface area (Å²) in [6.07, 6.45) is 2.89. The average molecular weight is 248 g/mol. The van der Waals surface area contributed by atoms with E-state index in [4.69, 9.17) is 5.11 Å². The molecule has 18 heavy (non-hydrogen) atoms. The Morgan fingerprint density at radius 1 is 1.39 bits per heavy atom. The van der Waals surface area contributed by atoms with Gasteiger partial charge in [0.15, 0.2) is 0 Å². The molecule has 0 atom stereocenters. The minimum Gasteiger partial charge on any atom is -0.460 e. The van der Waals surface area contributed by atoms with Gasteiger partial charge in [0.1, 0.15) is 6.61 Å². The number of aliphatic hydroxyl groups excluding tert-OH is 1. The second-order valence-electron chi connectivity index (χ2n) is 3.62. The molecule has 0 amide bonds. The molecule has 0 radical (unpaired) electrons. The maximum Gasteiger partial charge on any atom is 0.333 e. The van der Waals surface area contributed by atoms with Crippen molar-refractivity contribution in [2.45, 2.75) is 13.3 Å². The van der Waals surface area contributed by atoms with Crippen molar-refractivity contribution in [3.8, 4) is 0 Å². The maximum atomic E-state index is 10.5. The summed E-state index contributed by atoms with van der Waals surface area (Å²) in [6.45, 7) is 8.47. The molecule has 0 saturated heterocycles. The van der Waals surface area contributed by atoms with Gasteiger partial charge < -0.3 is 9.84 Å². The van der Waals surface area contributed by atoms with Crippen LogP contribution in [0.15, 0.2) is 55.1 Å². The Morgan fingerprint density at radius 3 is 2.44 bits per heavy atom. The van der Waals surface area contributed by atoms with E-state index in [1.807, 2.05) is 24.3 Å².